The summed E-state index contributed by atoms with van der Waals surface area (Å²) in [6, 6.07) is 4.45. The third-order valence-electron chi connectivity index (χ3n) is 4.25. The highest BCUT2D eigenvalue weighted by atomic mass is 32.2. The van der Waals surface area contributed by atoms with Crippen molar-refractivity contribution in [2.75, 3.05) is 26.2 Å². The minimum Gasteiger partial charge on any atom is -0.298 e. The molecule has 6 heteroatoms. The van der Waals surface area contributed by atoms with E-state index in [1.807, 2.05) is 0 Å². The van der Waals surface area contributed by atoms with E-state index in [2.05, 4.69) is 18.7 Å². The third kappa shape index (κ3) is 3.44. The first kappa shape index (κ1) is 16.4. The lowest BCUT2D eigenvalue weighted by molar-refractivity contribution is 0.142. The average molecular weight is 314 g/mol. The molecule has 118 valence electrons. The predicted octanol–water partition coefficient (Wildman–Crippen LogP) is 2.24. The summed E-state index contributed by atoms with van der Waals surface area (Å²) in [7, 11) is -3.52. The summed E-state index contributed by atoms with van der Waals surface area (Å²) in [5, 5.41) is 0. The van der Waals surface area contributed by atoms with E-state index in [0.717, 1.165) is 19.5 Å². The smallest absolute Gasteiger partial charge is 0.243 e. The zero-order chi connectivity index (χ0) is 15.6. The summed E-state index contributed by atoms with van der Waals surface area (Å²) in [6.45, 7) is 8.34. The van der Waals surface area contributed by atoms with Crippen molar-refractivity contribution in [1.82, 2.24) is 9.21 Å². The van der Waals surface area contributed by atoms with Gasteiger partial charge in [-0.15, -0.1) is 0 Å². The molecule has 1 heterocycles. The number of hydrogen-bond donors (Lipinski definition) is 0. The zero-order valence-electron chi connectivity index (χ0n) is 12.8. The summed E-state index contributed by atoms with van der Waals surface area (Å²) >= 11 is 0. The van der Waals surface area contributed by atoms with Crippen molar-refractivity contribution in [2.24, 2.45) is 0 Å². The van der Waals surface area contributed by atoms with Crippen LogP contribution >= 0.6 is 0 Å². The molecule has 2 rings (SSSR count). The van der Waals surface area contributed by atoms with Crippen LogP contribution in [0.5, 0.6) is 0 Å². The van der Waals surface area contributed by atoms with Crippen LogP contribution in [0.3, 0.4) is 0 Å². The van der Waals surface area contributed by atoms with Crippen LogP contribution in [-0.4, -0.2) is 49.8 Å². The number of aryl methyl sites for hydroxylation is 1. The fourth-order valence-corrected chi connectivity index (χ4v) is 4.08. The van der Waals surface area contributed by atoms with Crippen LogP contribution in [0, 0.1) is 12.7 Å². The molecule has 1 aliphatic rings. The van der Waals surface area contributed by atoms with Crippen molar-refractivity contribution in [3.8, 4) is 0 Å². The number of piperazine rings is 1. The topological polar surface area (TPSA) is 40.6 Å². The Hall–Kier alpha value is -0.980. The molecular weight excluding hydrogens is 291 g/mol. The molecule has 0 bridgehead atoms. The molecule has 0 spiro atoms. The van der Waals surface area contributed by atoms with Gasteiger partial charge in [-0.25, -0.2) is 12.8 Å². The Morgan fingerprint density at radius 3 is 2.38 bits per heavy atom. The molecule has 1 aromatic rings. The van der Waals surface area contributed by atoms with Crippen LogP contribution in [0.2, 0.25) is 0 Å². The molecular formula is C15H23FN2O2S. The van der Waals surface area contributed by atoms with E-state index in [-0.39, 0.29) is 10.7 Å². The fraction of sp³-hybridized carbons (Fsp3) is 0.600. The monoisotopic (exact) mass is 314 g/mol. The first-order valence-electron chi connectivity index (χ1n) is 7.36. The van der Waals surface area contributed by atoms with Gasteiger partial charge in [0, 0.05) is 32.2 Å². The molecule has 0 amide bonds. The van der Waals surface area contributed by atoms with Crippen molar-refractivity contribution in [1.29, 1.82) is 0 Å². The highest BCUT2D eigenvalue weighted by Gasteiger charge is 2.29. The summed E-state index contributed by atoms with van der Waals surface area (Å²) in [4.78, 5) is 2.49. The van der Waals surface area contributed by atoms with Crippen molar-refractivity contribution < 1.29 is 12.8 Å². The van der Waals surface area contributed by atoms with Gasteiger partial charge in [-0.1, -0.05) is 6.92 Å². The molecule has 1 fully saturated rings. The number of rotatable bonds is 4. The van der Waals surface area contributed by atoms with Gasteiger partial charge in [0.05, 0.1) is 4.90 Å². The Balaban J connectivity index is 2.13. The van der Waals surface area contributed by atoms with E-state index >= 15 is 0 Å². The van der Waals surface area contributed by atoms with Crippen molar-refractivity contribution in [3.05, 3.63) is 29.6 Å². The molecule has 1 atom stereocenters. The lowest BCUT2D eigenvalue weighted by Gasteiger charge is -2.37. The third-order valence-corrected chi connectivity index (χ3v) is 6.15. The van der Waals surface area contributed by atoms with E-state index in [1.54, 1.807) is 6.92 Å². The van der Waals surface area contributed by atoms with Crippen LogP contribution < -0.4 is 0 Å². The van der Waals surface area contributed by atoms with Gasteiger partial charge < -0.3 is 0 Å². The van der Waals surface area contributed by atoms with Crippen LogP contribution in [0.1, 0.15) is 25.8 Å². The van der Waals surface area contributed by atoms with Gasteiger partial charge in [-0.3, -0.25) is 4.90 Å². The van der Waals surface area contributed by atoms with Crippen molar-refractivity contribution >= 4 is 10.0 Å². The molecule has 4 nitrogen and oxygen atoms in total. The number of nitrogens with zero attached hydrogens (tertiary/aromatic N) is 2. The summed E-state index contributed by atoms with van der Waals surface area (Å²) in [6.07, 6.45) is 1.06. The van der Waals surface area contributed by atoms with Gasteiger partial charge >= 0.3 is 0 Å². The summed E-state index contributed by atoms with van der Waals surface area (Å²) in [5.41, 5.74) is 0.356. The molecule has 0 saturated carbocycles. The standard InChI is InChI=1S/C15H23FN2O2S/c1-4-13(3)17-7-9-18(10-8-17)21(19,20)14-5-6-15(16)12(2)11-14/h5-6,11,13H,4,7-10H2,1-3H3. The van der Waals surface area contributed by atoms with Crippen LogP contribution in [-0.2, 0) is 10.0 Å². The first-order chi connectivity index (χ1) is 9.86. The Morgan fingerprint density at radius 2 is 1.86 bits per heavy atom. The second-order valence-corrected chi connectivity index (χ2v) is 7.55. The lowest BCUT2D eigenvalue weighted by Crippen LogP contribution is -2.51. The van der Waals surface area contributed by atoms with Gasteiger partial charge in [0.1, 0.15) is 5.82 Å². The quantitative estimate of drug-likeness (QED) is 0.856. The maximum absolute atomic E-state index is 13.3. The van der Waals surface area contributed by atoms with Crippen molar-refractivity contribution in [3.63, 3.8) is 0 Å². The maximum Gasteiger partial charge on any atom is 0.243 e. The second-order valence-electron chi connectivity index (χ2n) is 5.61. The Kier molecular flexibility index (Phi) is 5.01. The van der Waals surface area contributed by atoms with Gasteiger partial charge in [0.2, 0.25) is 10.0 Å². The number of halogens is 1. The van der Waals surface area contributed by atoms with Gasteiger partial charge in [0.15, 0.2) is 0 Å². The largest absolute Gasteiger partial charge is 0.298 e. The summed E-state index contributed by atoms with van der Waals surface area (Å²) in [5.74, 6) is -0.379. The molecule has 1 aromatic carbocycles. The van der Waals surface area contributed by atoms with Crippen molar-refractivity contribution in [2.45, 2.75) is 38.1 Å². The SMILES string of the molecule is CCC(C)N1CCN(S(=O)(=O)c2ccc(F)c(C)c2)CC1. The van der Waals surface area contributed by atoms with E-state index in [1.165, 1.54) is 22.5 Å². The normalized spacial score (nSPS) is 19.6. The van der Waals surface area contributed by atoms with Crippen LogP contribution in [0.25, 0.3) is 0 Å². The predicted molar refractivity (Wildman–Crippen MR) is 81.2 cm³/mol. The Bertz CT molecular complexity index is 596. The Morgan fingerprint density at radius 1 is 1.24 bits per heavy atom. The molecule has 1 aliphatic heterocycles. The molecule has 1 saturated heterocycles. The fourth-order valence-electron chi connectivity index (χ4n) is 2.57. The van der Waals surface area contributed by atoms with E-state index in [0.29, 0.717) is 24.7 Å². The van der Waals surface area contributed by atoms with Crippen LogP contribution in [0.4, 0.5) is 4.39 Å². The number of sulfonamides is 1. The average Bonchev–Trinajstić information content (AvgIpc) is 2.49. The highest BCUT2D eigenvalue weighted by molar-refractivity contribution is 7.89. The van der Waals surface area contributed by atoms with Crippen LogP contribution in [0.15, 0.2) is 23.1 Å². The zero-order valence-corrected chi connectivity index (χ0v) is 13.7. The molecule has 0 radical (unpaired) electrons. The lowest BCUT2D eigenvalue weighted by atomic mass is 10.2. The minimum absolute atomic E-state index is 0.179. The summed E-state index contributed by atoms with van der Waals surface area (Å²) < 4.78 is 40.0. The second kappa shape index (κ2) is 6.42. The van der Waals surface area contributed by atoms with E-state index in [9.17, 15) is 12.8 Å². The molecule has 0 aromatic heterocycles. The number of benzene rings is 1. The maximum atomic E-state index is 13.3. The van der Waals surface area contributed by atoms with E-state index in [4.69, 9.17) is 0 Å². The molecule has 0 N–H and O–H groups in total. The molecule has 0 aliphatic carbocycles. The van der Waals surface area contributed by atoms with E-state index < -0.39 is 10.0 Å². The first-order valence-corrected chi connectivity index (χ1v) is 8.80. The van der Waals surface area contributed by atoms with Gasteiger partial charge in [0.25, 0.3) is 0 Å². The van der Waals surface area contributed by atoms with Gasteiger partial charge in [-0.2, -0.15) is 4.31 Å². The highest BCUT2D eigenvalue weighted by Crippen LogP contribution is 2.21. The molecule has 1 unspecified atom stereocenters. The van der Waals surface area contributed by atoms with Gasteiger partial charge in [-0.05, 0) is 44.0 Å². The minimum atomic E-state index is -3.52. The number of hydrogen-bond acceptors (Lipinski definition) is 3. The Labute approximate surface area is 126 Å². The molecule has 21 heavy (non-hydrogen) atoms.